The van der Waals surface area contributed by atoms with Gasteiger partial charge in [0.05, 0.1) is 5.60 Å². The van der Waals surface area contributed by atoms with Crippen molar-refractivity contribution >= 4 is 0 Å². The Morgan fingerprint density at radius 2 is 2.06 bits per heavy atom. The van der Waals surface area contributed by atoms with Crippen molar-refractivity contribution in [1.82, 2.24) is 0 Å². The molecule has 1 fully saturated rings. The Kier molecular flexibility index (Phi) is 3.68. The second-order valence-corrected chi connectivity index (χ2v) is 5.26. The van der Waals surface area contributed by atoms with E-state index in [0.717, 1.165) is 19.3 Å². The van der Waals surface area contributed by atoms with Crippen LogP contribution in [0.25, 0.3) is 0 Å². The van der Waals surface area contributed by atoms with Gasteiger partial charge in [-0.05, 0) is 24.3 Å². The van der Waals surface area contributed by atoms with E-state index in [-0.39, 0.29) is 5.92 Å². The second kappa shape index (κ2) is 5.05. The molecule has 92 valence electrons. The van der Waals surface area contributed by atoms with Gasteiger partial charge in [-0.25, -0.2) is 0 Å². The van der Waals surface area contributed by atoms with Gasteiger partial charge in [0.1, 0.15) is 0 Å². The Bertz CT molecular complexity index is 370. The van der Waals surface area contributed by atoms with E-state index < -0.39 is 5.60 Å². The van der Waals surface area contributed by atoms with Crippen LogP contribution in [0, 0.1) is 5.92 Å². The highest BCUT2D eigenvalue weighted by Gasteiger charge is 2.42. The van der Waals surface area contributed by atoms with Crippen molar-refractivity contribution in [1.29, 1.82) is 0 Å². The third kappa shape index (κ3) is 2.30. The Morgan fingerprint density at radius 1 is 1.35 bits per heavy atom. The molecule has 1 nitrogen and oxygen atoms in total. The fourth-order valence-corrected chi connectivity index (χ4v) is 3.11. The fourth-order valence-electron chi connectivity index (χ4n) is 3.11. The van der Waals surface area contributed by atoms with Crippen molar-refractivity contribution in [2.24, 2.45) is 5.92 Å². The molecule has 0 bridgehead atoms. The van der Waals surface area contributed by atoms with E-state index in [1.807, 2.05) is 24.3 Å². The van der Waals surface area contributed by atoms with Gasteiger partial charge in [-0.2, -0.15) is 0 Å². The van der Waals surface area contributed by atoms with Crippen LogP contribution >= 0.6 is 0 Å². The van der Waals surface area contributed by atoms with Crippen LogP contribution in [0.1, 0.15) is 44.1 Å². The maximum Gasteiger partial charge on any atom is 0.0775 e. The lowest BCUT2D eigenvalue weighted by atomic mass is 9.67. The predicted molar refractivity (Wildman–Crippen MR) is 72.0 cm³/mol. The molecule has 0 spiro atoms. The zero-order valence-corrected chi connectivity index (χ0v) is 10.6. The largest absolute Gasteiger partial charge is 0.389 e. The van der Waals surface area contributed by atoms with Crippen LogP contribution in [0.3, 0.4) is 0 Å². The summed E-state index contributed by atoms with van der Waals surface area (Å²) in [4.78, 5) is 0. The number of rotatable bonds is 3. The first-order valence-electron chi connectivity index (χ1n) is 6.58. The highest BCUT2D eigenvalue weighted by molar-refractivity contribution is 5.28. The van der Waals surface area contributed by atoms with Crippen LogP contribution in [0.4, 0.5) is 0 Å². The maximum absolute atomic E-state index is 11.0. The van der Waals surface area contributed by atoms with Crippen molar-refractivity contribution < 1.29 is 5.11 Å². The topological polar surface area (TPSA) is 20.2 Å². The molecule has 0 aliphatic heterocycles. The third-order valence-electron chi connectivity index (χ3n) is 4.25. The van der Waals surface area contributed by atoms with Crippen molar-refractivity contribution in [3.05, 3.63) is 48.6 Å². The monoisotopic (exact) mass is 230 g/mol. The summed E-state index contributed by atoms with van der Waals surface area (Å²) in [7, 11) is 0. The van der Waals surface area contributed by atoms with Crippen LogP contribution in [-0.2, 0) is 0 Å². The smallest absolute Gasteiger partial charge is 0.0775 e. The standard InChI is InChI=1S/C16H22O/c1-3-15(14-10-5-4-6-11-14)16(17)12-8-7-9-13(16)2/h3-6,10-11,13,15,17H,1,7-9,12H2,2H3/t13-,15+,16+/m0/s1. The average Bonchev–Trinajstić information content (AvgIpc) is 2.35. The Labute approximate surface area is 104 Å². The lowest BCUT2D eigenvalue weighted by Crippen LogP contribution is -2.44. The highest BCUT2D eigenvalue weighted by atomic mass is 16.3. The van der Waals surface area contributed by atoms with E-state index in [4.69, 9.17) is 0 Å². The van der Waals surface area contributed by atoms with Crippen LogP contribution < -0.4 is 0 Å². The van der Waals surface area contributed by atoms with Crippen molar-refractivity contribution in [2.75, 3.05) is 0 Å². The zero-order valence-electron chi connectivity index (χ0n) is 10.6. The van der Waals surface area contributed by atoms with Crippen LogP contribution in [0.15, 0.2) is 43.0 Å². The summed E-state index contributed by atoms with van der Waals surface area (Å²) in [6.07, 6.45) is 6.28. The number of benzene rings is 1. The van der Waals surface area contributed by atoms with Gasteiger partial charge < -0.3 is 5.11 Å². The van der Waals surface area contributed by atoms with Gasteiger partial charge in [0.15, 0.2) is 0 Å². The molecule has 17 heavy (non-hydrogen) atoms. The second-order valence-electron chi connectivity index (χ2n) is 5.26. The van der Waals surface area contributed by atoms with Gasteiger partial charge in [-0.15, -0.1) is 6.58 Å². The van der Waals surface area contributed by atoms with Crippen molar-refractivity contribution in [3.8, 4) is 0 Å². The zero-order chi connectivity index (χ0) is 12.3. The molecule has 0 heterocycles. The van der Waals surface area contributed by atoms with Crippen LogP contribution in [-0.4, -0.2) is 10.7 Å². The van der Waals surface area contributed by atoms with Gasteiger partial charge in [0.2, 0.25) is 0 Å². The minimum absolute atomic E-state index is 0.0546. The molecule has 3 atom stereocenters. The molecule has 2 rings (SSSR count). The van der Waals surface area contributed by atoms with Gasteiger partial charge in [0.25, 0.3) is 0 Å². The van der Waals surface area contributed by atoms with E-state index >= 15 is 0 Å². The molecule has 1 aromatic carbocycles. The number of aliphatic hydroxyl groups is 1. The molecule has 0 amide bonds. The molecule has 1 N–H and O–H groups in total. The van der Waals surface area contributed by atoms with Crippen molar-refractivity contribution in [3.63, 3.8) is 0 Å². The maximum atomic E-state index is 11.0. The first-order chi connectivity index (χ1) is 8.18. The first-order valence-corrected chi connectivity index (χ1v) is 6.58. The Morgan fingerprint density at radius 3 is 2.65 bits per heavy atom. The van der Waals surface area contributed by atoms with Gasteiger partial charge in [-0.1, -0.05) is 56.2 Å². The molecular formula is C16H22O. The molecule has 1 aromatic rings. The van der Waals surface area contributed by atoms with E-state index in [2.05, 4.69) is 25.6 Å². The first kappa shape index (κ1) is 12.4. The van der Waals surface area contributed by atoms with E-state index in [1.165, 1.54) is 12.0 Å². The molecule has 1 aliphatic rings. The molecule has 0 aromatic heterocycles. The lowest BCUT2D eigenvalue weighted by molar-refractivity contribution is -0.0528. The summed E-state index contributed by atoms with van der Waals surface area (Å²) in [6.45, 7) is 6.10. The average molecular weight is 230 g/mol. The quantitative estimate of drug-likeness (QED) is 0.781. The molecule has 0 saturated heterocycles. The van der Waals surface area contributed by atoms with Gasteiger partial charge in [-0.3, -0.25) is 0 Å². The molecular weight excluding hydrogens is 208 g/mol. The minimum Gasteiger partial charge on any atom is -0.389 e. The molecule has 1 saturated carbocycles. The van der Waals surface area contributed by atoms with Gasteiger partial charge in [0, 0.05) is 5.92 Å². The Balaban J connectivity index is 2.31. The van der Waals surface area contributed by atoms with Crippen molar-refractivity contribution in [2.45, 2.75) is 44.1 Å². The van der Waals surface area contributed by atoms with Crippen LogP contribution in [0.5, 0.6) is 0 Å². The predicted octanol–water partition coefficient (Wildman–Crippen LogP) is 3.90. The number of hydrogen-bond acceptors (Lipinski definition) is 1. The SMILES string of the molecule is C=C[C@H](c1ccccc1)[C@@]1(O)CCCC[C@@H]1C. The number of hydrogen-bond donors (Lipinski definition) is 1. The Hall–Kier alpha value is -1.08. The molecule has 1 aliphatic carbocycles. The molecule has 0 radical (unpaired) electrons. The fraction of sp³-hybridized carbons (Fsp3) is 0.500. The summed E-state index contributed by atoms with van der Waals surface area (Å²) in [5.41, 5.74) is 0.570. The highest BCUT2D eigenvalue weighted by Crippen LogP contribution is 2.43. The summed E-state index contributed by atoms with van der Waals surface area (Å²) in [5.74, 6) is 0.401. The molecule has 0 unspecified atom stereocenters. The third-order valence-corrected chi connectivity index (χ3v) is 4.25. The molecule has 1 heteroatoms. The lowest BCUT2D eigenvalue weighted by Gasteiger charge is -2.43. The summed E-state index contributed by atoms with van der Waals surface area (Å²) < 4.78 is 0. The summed E-state index contributed by atoms with van der Waals surface area (Å²) in [5, 5.41) is 11.0. The van der Waals surface area contributed by atoms with Crippen LogP contribution in [0.2, 0.25) is 0 Å². The normalized spacial score (nSPS) is 30.8. The van der Waals surface area contributed by atoms with Gasteiger partial charge >= 0.3 is 0 Å². The van der Waals surface area contributed by atoms with E-state index in [9.17, 15) is 5.11 Å². The minimum atomic E-state index is -0.610. The van der Waals surface area contributed by atoms with E-state index in [1.54, 1.807) is 0 Å². The summed E-state index contributed by atoms with van der Waals surface area (Å²) >= 11 is 0. The summed E-state index contributed by atoms with van der Waals surface area (Å²) in [6, 6.07) is 10.3. The van der Waals surface area contributed by atoms with E-state index in [0.29, 0.717) is 5.92 Å².